The SMILES string of the molecule is CSc1nc(O)c2c(n1)CC(c1cccc3sc(NC(=O)O)nc13)CC2. The van der Waals surface area contributed by atoms with E-state index in [1.54, 1.807) is 0 Å². The average molecular weight is 388 g/mol. The van der Waals surface area contributed by atoms with Crippen molar-refractivity contribution in [2.24, 2.45) is 0 Å². The Kier molecular flexibility index (Phi) is 4.41. The number of carboxylic acid groups (broad SMARTS) is 1. The first-order valence-corrected chi connectivity index (χ1v) is 10.1. The monoisotopic (exact) mass is 388 g/mol. The predicted octanol–water partition coefficient (Wildman–Crippen LogP) is 3.88. The zero-order valence-electron chi connectivity index (χ0n) is 13.9. The molecule has 3 aromatic rings. The third-order valence-electron chi connectivity index (χ3n) is 4.52. The number of carbonyl (C=O) groups is 1. The maximum absolute atomic E-state index is 10.9. The summed E-state index contributed by atoms with van der Waals surface area (Å²) in [5, 5.41) is 22.3. The van der Waals surface area contributed by atoms with Crippen molar-refractivity contribution < 1.29 is 15.0 Å². The fourth-order valence-corrected chi connectivity index (χ4v) is 4.64. The molecule has 1 aromatic carbocycles. The van der Waals surface area contributed by atoms with Crippen molar-refractivity contribution in [2.75, 3.05) is 11.6 Å². The molecule has 0 saturated carbocycles. The summed E-state index contributed by atoms with van der Waals surface area (Å²) in [4.78, 5) is 24.0. The summed E-state index contributed by atoms with van der Waals surface area (Å²) in [6.07, 6.45) is 3.04. The van der Waals surface area contributed by atoms with Crippen LogP contribution in [-0.4, -0.2) is 37.5 Å². The number of benzene rings is 1. The van der Waals surface area contributed by atoms with Gasteiger partial charge in [0.05, 0.1) is 15.9 Å². The highest BCUT2D eigenvalue weighted by Gasteiger charge is 2.27. The van der Waals surface area contributed by atoms with Crippen LogP contribution in [0.25, 0.3) is 10.2 Å². The van der Waals surface area contributed by atoms with Crippen molar-refractivity contribution in [3.63, 3.8) is 0 Å². The second-order valence-corrected chi connectivity index (χ2v) is 7.85. The van der Waals surface area contributed by atoms with Crippen molar-refractivity contribution in [3.8, 4) is 5.88 Å². The van der Waals surface area contributed by atoms with Gasteiger partial charge in [0, 0.05) is 5.56 Å². The molecule has 1 unspecified atom stereocenters. The summed E-state index contributed by atoms with van der Waals surface area (Å²) >= 11 is 2.73. The number of anilines is 1. The lowest BCUT2D eigenvalue weighted by molar-refractivity contribution is 0.209. The highest BCUT2D eigenvalue weighted by atomic mass is 32.2. The minimum absolute atomic E-state index is 0.0811. The Labute approximate surface area is 157 Å². The van der Waals surface area contributed by atoms with Crippen LogP contribution in [0.4, 0.5) is 9.93 Å². The first-order chi connectivity index (χ1) is 12.5. The maximum Gasteiger partial charge on any atom is 0.410 e. The predicted molar refractivity (Wildman–Crippen MR) is 102 cm³/mol. The van der Waals surface area contributed by atoms with Gasteiger partial charge >= 0.3 is 6.09 Å². The number of hydrogen-bond donors (Lipinski definition) is 3. The molecule has 0 radical (unpaired) electrons. The quantitative estimate of drug-likeness (QED) is 0.461. The molecular weight excluding hydrogens is 372 g/mol. The number of nitrogens with zero attached hydrogens (tertiary/aromatic N) is 3. The number of rotatable bonds is 3. The molecule has 9 heteroatoms. The molecule has 26 heavy (non-hydrogen) atoms. The summed E-state index contributed by atoms with van der Waals surface area (Å²) < 4.78 is 0.951. The molecule has 0 spiro atoms. The normalized spacial score (nSPS) is 16.4. The fraction of sp³-hybridized carbons (Fsp3) is 0.294. The van der Waals surface area contributed by atoms with Gasteiger partial charge in [-0.05, 0) is 43.1 Å². The van der Waals surface area contributed by atoms with E-state index >= 15 is 0 Å². The van der Waals surface area contributed by atoms with Gasteiger partial charge in [0.1, 0.15) is 0 Å². The molecule has 7 nitrogen and oxygen atoms in total. The van der Waals surface area contributed by atoms with Gasteiger partial charge in [-0.25, -0.2) is 14.8 Å². The van der Waals surface area contributed by atoms with E-state index in [4.69, 9.17) is 5.11 Å². The van der Waals surface area contributed by atoms with E-state index in [2.05, 4.69) is 20.3 Å². The minimum Gasteiger partial charge on any atom is -0.493 e. The molecule has 4 rings (SSSR count). The number of fused-ring (bicyclic) bond motifs is 2. The Morgan fingerprint density at radius 1 is 1.35 bits per heavy atom. The molecular formula is C17H16N4O3S2. The Morgan fingerprint density at radius 3 is 2.96 bits per heavy atom. The van der Waals surface area contributed by atoms with E-state index in [1.165, 1.54) is 23.1 Å². The summed E-state index contributed by atoms with van der Waals surface area (Å²) in [6.45, 7) is 0. The molecule has 2 heterocycles. The van der Waals surface area contributed by atoms with E-state index in [9.17, 15) is 9.90 Å². The lowest BCUT2D eigenvalue weighted by Gasteiger charge is -2.24. The highest BCUT2D eigenvalue weighted by Crippen LogP contribution is 2.39. The third kappa shape index (κ3) is 3.08. The topological polar surface area (TPSA) is 108 Å². The van der Waals surface area contributed by atoms with Gasteiger partial charge in [-0.3, -0.25) is 5.32 Å². The van der Waals surface area contributed by atoms with Crippen LogP contribution >= 0.6 is 23.1 Å². The van der Waals surface area contributed by atoms with Crippen LogP contribution in [0.5, 0.6) is 5.88 Å². The molecule has 134 valence electrons. The van der Waals surface area contributed by atoms with E-state index in [1.807, 2.05) is 24.5 Å². The molecule has 0 fully saturated rings. The first-order valence-electron chi connectivity index (χ1n) is 8.07. The maximum atomic E-state index is 10.9. The number of amides is 1. The van der Waals surface area contributed by atoms with Crippen LogP contribution in [0.1, 0.15) is 29.2 Å². The van der Waals surface area contributed by atoms with Crippen molar-refractivity contribution in [1.82, 2.24) is 15.0 Å². The Morgan fingerprint density at radius 2 is 2.19 bits per heavy atom. The third-order valence-corrected chi connectivity index (χ3v) is 6.00. The molecule has 2 aromatic heterocycles. The molecule has 1 amide bonds. The Balaban J connectivity index is 1.71. The number of para-hydroxylation sites is 1. The summed E-state index contributed by atoms with van der Waals surface area (Å²) in [6, 6.07) is 5.96. The fourth-order valence-electron chi connectivity index (χ4n) is 3.37. The molecule has 1 aliphatic carbocycles. The first kappa shape index (κ1) is 17.0. The van der Waals surface area contributed by atoms with Crippen LogP contribution < -0.4 is 5.32 Å². The zero-order valence-corrected chi connectivity index (χ0v) is 15.5. The smallest absolute Gasteiger partial charge is 0.410 e. The number of aromatic hydroxyl groups is 1. The van der Waals surface area contributed by atoms with Crippen LogP contribution in [0.2, 0.25) is 0 Å². The standard InChI is InChI=1S/C17H16N4O3S2/c1-25-15-18-11-7-8(5-6-10(11)14(22)20-15)9-3-2-4-12-13(9)19-16(26-12)21-17(23)24/h2-4,8H,5-7H2,1H3,(H,19,21)(H,23,24)(H,18,20,22). The van der Waals surface area contributed by atoms with Gasteiger partial charge in [-0.15, -0.1) is 0 Å². The second-order valence-electron chi connectivity index (χ2n) is 6.04. The van der Waals surface area contributed by atoms with Gasteiger partial charge in [0.2, 0.25) is 5.88 Å². The Hall–Kier alpha value is -2.39. The summed E-state index contributed by atoms with van der Waals surface area (Å²) in [5.74, 6) is 0.299. The second kappa shape index (κ2) is 6.73. The van der Waals surface area contributed by atoms with E-state index in [0.717, 1.165) is 33.5 Å². The zero-order chi connectivity index (χ0) is 18.3. The van der Waals surface area contributed by atoms with Crippen LogP contribution in [-0.2, 0) is 12.8 Å². The lowest BCUT2D eigenvalue weighted by Crippen LogP contribution is -2.16. The van der Waals surface area contributed by atoms with Crippen molar-refractivity contribution in [2.45, 2.75) is 30.3 Å². The number of thiazole rings is 1. The average Bonchev–Trinajstić information content (AvgIpc) is 3.02. The number of thioether (sulfide) groups is 1. The van der Waals surface area contributed by atoms with Gasteiger partial charge in [-0.1, -0.05) is 35.2 Å². The molecule has 0 aliphatic heterocycles. The number of hydrogen-bond acceptors (Lipinski definition) is 7. The van der Waals surface area contributed by atoms with E-state index < -0.39 is 6.09 Å². The lowest BCUT2D eigenvalue weighted by atomic mass is 9.82. The number of aromatic nitrogens is 3. The van der Waals surface area contributed by atoms with Crippen LogP contribution in [0.15, 0.2) is 23.4 Å². The van der Waals surface area contributed by atoms with Gasteiger partial charge in [0.15, 0.2) is 10.3 Å². The molecule has 0 saturated heterocycles. The minimum atomic E-state index is -1.12. The molecule has 1 atom stereocenters. The summed E-state index contributed by atoms with van der Waals surface area (Å²) in [5.41, 5.74) is 3.64. The van der Waals surface area contributed by atoms with Gasteiger partial charge < -0.3 is 10.2 Å². The Bertz CT molecular complexity index is 1010. The van der Waals surface area contributed by atoms with Crippen molar-refractivity contribution in [3.05, 3.63) is 35.0 Å². The van der Waals surface area contributed by atoms with Crippen molar-refractivity contribution >= 4 is 44.5 Å². The van der Waals surface area contributed by atoms with Crippen LogP contribution in [0, 0.1) is 0 Å². The van der Waals surface area contributed by atoms with Crippen LogP contribution in [0.3, 0.4) is 0 Å². The summed E-state index contributed by atoms with van der Waals surface area (Å²) in [7, 11) is 0. The van der Waals surface area contributed by atoms with E-state index in [0.29, 0.717) is 23.1 Å². The van der Waals surface area contributed by atoms with Gasteiger partial charge in [-0.2, -0.15) is 4.98 Å². The van der Waals surface area contributed by atoms with E-state index in [-0.39, 0.29) is 11.8 Å². The highest BCUT2D eigenvalue weighted by molar-refractivity contribution is 7.98. The molecule has 3 N–H and O–H groups in total. The van der Waals surface area contributed by atoms with Crippen molar-refractivity contribution in [1.29, 1.82) is 0 Å². The molecule has 1 aliphatic rings. The molecule has 0 bridgehead atoms. The number of nitrogens with one attached hydrogen (secondary N) is 1. The largest absolute Gasteiger partial charge is 0.493 e. The van der Waals surface area contributed by atoms with Gasteiger partial charge in [0.25, 0.3) is 0 Å².